The predicted octanol–water partition coefficient (Wildman–Crippen LogP) is 2.76. The van der Waals surface area contributed by atoms with Crippen LogP contribution in [0.15, 0.2) is 48.5 Å². The van der Waals surface area contributed by atoms with Crippen LogP contribution < -0.4 is 9.62 Å². The van der Waals surface area contributed by atoms with Crippen molar-refractivity contribution in [3.8, 4) is 0 Å². The highest BCUT2D eigenvalue weighted by Crippen LogP contribution is 2.22. The van der Waals surface area contributed by atoms with Crippen LogP contribution in [0, 0.1) is 0 Å². The normalized spacial score (nSPS) is 14.9. The fourth-order valence-corrected chi connectivity index (χ4v) is 4.38. The van der Waals surface area contributed by atoms with Gasteiger partial charge in [-0.1, -0.05) is 23.7 Å². The van der Waals surface area contributed by atoms with E-state index in [4.69, 9.17) is 16.3 Å². The number of rotatable bonds is 9. The highest BCUT2D eigenvalue weighted by atomic mass is 35.5. The zero-order chi connectivity index (χ0) is 22.3. The van der Waals surface area contributed by atoms with Gasteiger partial charge in [0.2, 0.25) is 10.0 Å². The molecule has 9 heteroatoms. The number of nitrogens with one attached hydrogen (secondary N) is 1. The molecule has 0 radical (unpaired) electrons. The summed E-state index contributed by atoms with van der Waals surface area (Å²) in [5.41, 5.74) is 1.81. The van der Waals surface area contributed by atoms with Gasteiger partial charge in [0.25, 0.3) is 5.91 Å². The maximum Gasteiger partial charge on any atom is 0.251 e. The van der Waals surface area contributed by atoms with Crippen molar-refractivity contribution in [2.24, 2.45) is 0 Å². The van der Waals surface area contributed by atoms with Crippen molar-refractivity contribution in [3.05, 3.63) is 64.7 Å². The smallest absolute Gasteiger partial charge is 0.251 e. The van der Waals surface area contributed by atoms with Crippen LogP contribution in [0.25, 0.3) is 0 Å². The number of halogens is 1. The molecule has 1 fully saturated rings. The summed E-state index contributed by atoms with van der Waals surface area (Å²) in [5, 5.41) is 3.51. The molecule has 2 aromatic carbocycles. The van der Waals surface area contributed by atoms with E-state index in [0.717, 1.165) is 51.1 Å². The van der Waals surface area contributed by atoms with E-state index >= 15 is 0 Å². The summed E-state index contributed by atoms with van der Waals surface area (Å²) in [7, 11) is -3.50. The Balaban J connectivity index is 1.57. The number of hydrogen-bond acceptors (Lipinski definition) is 5. The summed E-state index contributed by atoms with van der Waals surface area (Å²) in [4.78, 5) is 14.7. The van der Waals surface area contributed by atoms with E-state index in [-0.39, 0.29) is 12.5 Å². The van der Waals surface area contributed by atoms with E-state index in [2.05, 4.69) is 10.2 Å². The molecule has 1 amide bonds. The van der Waals surface area contributed by atoms with Gasteiger partial charge in [-0.25, -0.2) is 8.42 Å². The van der Waals surface area contributed by atoms with Gasteiger partial charge in [-0.15, -0.1) is 0 Å². The van der Waals surface area contributed by atoms with Gasteiger partial charge in [-0.05, 0) is 54.9 Å². The SMILES string of the molecule is CS(=O)(=O)N(Cc1ccc(Cl)cc1)c1ccc(C(=O)NCCCN2CCOCC2)cc1. The average molecular weight is 466 g/mol. The molecule has 168 valence electrons. The summed E-state index contributed by atoms with van der Waals surface area (Å²) >= 11 is 5.91. The number of ether oxygens (including phenoxy) is 1. The molecule has 0 saturated carbocycles. The quantitative estimate of drug-likeness (QED) is 0.576. The maximum absolute atomic E-state index is 12.4. The molecule has 7 nitrogen and oxygen atoms in total. The number of morpholine rings is 1. The number of anilines is 1. The topological polar surface area (TPSA) is 79.0 Å². The Morgan fingerprint density at radius 2 is 1.74 bits per heavy atom. The van der Waals surface area contributed by atoms with Gasteiger partial charge in [0.15, 0.2) is 0 Å². The number of carbonyl (C=O) groups excluding carboxylic acids is 1. The van der Waals surface area contributed by atoms with Gasteiger partial charge in [0.1, 0.15) is 0 Å². The van der Waals surface area contributed by atoms with Gasteiger partial charge in [0.05, 0.1) is 31.7 Å². The molecule has 0 bridgehead atoms. The van der Waals surface area contributed by atoms with Crippen LogP contribution in [0.5, 0.6) is 0 Å². The van der Waals surface area contributed by atoms with Crippen molar-refractivity contribution in [1.29, 1.82) is 0 Å². The molecule has 3 rings (SSSR count). The van der Waals surface area contributed by atoms with E-state index in [9.17, 15) is 13.2 Å². The van der Waals surface area contributed by atoms with Gasteiger partial charge >= 0.3 is 0 Å². The molecule has 0 atom stereocenters. The number of sulfonamides is 1. The van der Waals surface area contributed by atoms with Crippen molar-refractivity contribution in [2.45, 2.75) is 13.0 Å². The zero-order valence-corrected chi connectivity index (χ0v) is 19.2. The van der Waals surface area contributed by atoms with Crippen LogP contribution in [-0.2, 0) is 21.3 Å². The first kappa shape index (κ1) is 23.5. The zero-order valence-electron chi connectivity index (χ0n) is 17.6. The second-order valence-corrected chi connectivity index (χ2v) is 9.85. The van der Waals surface area contributed by atoms with Gasteiger partial charge < -0.3 is 10.1 Å². The Morgan fingerprint density at radius 3 is 2.35 bits per heavy atom. The third-order valence-corrected chi connectivity index (χ3v) is 6.49. The minimum absolute atomic E-state index is 0.169. The van der Waals surface area contributed by atoms with Gasteiger partial charge in [-0.2, -0.15) is 0 Å². The van der Waals surface area contributed by atoms with Crippen LogP contribution in [0.4, 0.5) is 5.69 Å². The predicted molar refractivity (Wildman–Crippen MR) is 123 cm³/mol. The summed E-state index contributed by atoms with van der Waals surface area (Å²) in [6.07, 6.45) is 2.03. The molecule has 0 aromatic heterocycles. The molecule has 1 saturated heterocycles. The van der Waals surface area contributed by atoms with Crippen molar-refractivity contribution in [1.82, 2.24) is 10.2 Å². The summed E-state index contributed by atoms with van der Waals surface area (Å²) in [6, 6.07) is 13.6. The van der Waals surface area contributed by atoms with Crippen LogP contribution in [-0.4, -0.2) is 64.9 Å². The summed E-state index contributed by atoms with van der Waals surface area (Å²) < 4.78 is 31.3. The molecule has 1 aliphatic rings. The van der Waals surface area contributed by atoms with Crippen LogP contribution >= 0.6 is 11.6 Å². The van der Waals surface area contributed by atoms with Crippen LogP contribution in [0.2, 0.25) is 5.02 Å². The van der Waals surface area contributed by atoms with E-state index in [0.29, 0.717) is 22.8 Å². The monoisotopic (exact) mass is 465 g/mol. The van der Waals surface area contributed by atoms with E-state index in [1.165, 1.54) is 4.31 Å². The Morgan fingerprint density at radius 1 is 1.10 bits per heavy atom. The standard InChI is InChI=1S/C22H28ClN3O4S/c1-31(28,29)26(17-18-3-7-20(23)8-4-18)21-9-5-19(6-10-21)22(27)24-11-2-12-25-13-15-30-16-14-25/h3-10H,2,11-17H2,1H3,(H,24,27). The Bertz CT molecular complexity index is 959. The van der Waals surface area contributed by atoms with E-state index < -0.39 is 10.0 Å². The van der Waals surface area contributed by atoms with Crippen molar-refractivity contribution in [3.63, 3.8) is 0 Å². The molecular formula is C22H28ClN3O4S. The van der Waals surface area contributed by atoms with Gasteiger partial charge in [-0.3, -0.25) is 14.0 Å². The molecule has 0 unspecified atom stereocenters. The lowest BCUT2D eigenvalue weighted by atomic mass is 10.1. The van der Waals surface area contributed by atoms with E-state index in [1.807, 2.05) is 0 Å². The Hall–Kier alpha value is -2.13. The fourth-order valence-electron chi connectivity index (χ4n) is 3.37. The highest BCUT2D eigenvalue weighted by molar-refractivity contribution is 7.92. The number of amides is 1. The largest absolute Gasteiger partial charge is 0.379 e. The van der Waals surface area contributed by atoms with Crippen molar-refractivity contribution >= 4 is 33.2 Å². The number of hydrogen-bond donors (Lipinski definition) is 1. The van der Waals surface area contributed by atoms with Gasteiger partial charge in [0, 0.05) is 30.2 Å². The Kier molecular flexibility index (Phi) is 8.31. The molecular weight excluding hydrogens is 438 g/mol. The second-order valence-electron chi connectivity index (χ2n) is 7.51. The maximum atomic E-state index is 12.4. The molecule has 1 aliphatic heterocycles. The van der Waals surface area contributed by atoms with Crippen LogP contribution in [0.3, 0.4) is 0 Å². The van der Waals surface area contributed by atoms with Crippen LogP contribution in [0.1, 0.15) is 22.3 Å². The molecule has 2 aromatic rings. The van der Waals surface area contributed by atoms with Crippen molar-refractivity contribution < 1.29 is 17.9 Å². The molecule has 1 N–H and O–H groups in total. The summed E-state index contributed by atoms with van der Waals surface area (Å²) in [5.74, 6) is -0.169. The lowest BCUT2D eigenvalue weighted by Gasteiger charge is -2.26. The molecule has 1 heterocycles. The van der Waals surface area contributed by atoms with Crippen molar-refractivity contribution in [2.75, 3.05) is 50.0 Å². The molecule has 0 aliphatic carbocycles. The molecule has 31 heavy (non-hydrogen) atoms. The first-order chi connectivity index (χ1) is 14.8. The average Bonchev–Trinajstić information content (AvgIpc) is 2.76. The highest BCUT2D eigenvalue weighted by Gasteiger charge is 2.18. The number of benzene rings is 2. The summed E-state index contributed by atoms with van der Waals surface area (Å²) in [6.45, 7) is 5.09. The fraction of sp³-hybridized carbons (Fsp3) is 0.409. The molecule has 0 spiro atoms. The first-order valence-electron chi connectivity index (χ1n) is 10.2. The number of nitrogens with zero attached hydrogens (tertiary/aromatic N) is 2. The Labute approximate surface area is 189 Å². The number of carbonyl (C=O) groups is 1. The third kappa shape index (κ3) is 7.21. The lowest BCUT2D eigenvalue weighted by Crippen LogP contribution is -2.38. The minimum atomic E-state index is -3.50. The van der Waals surface area contributed by atoms with E-state index in [1.54, 1.807) is 48.5 Å². The minimum Gasteiger partial charge on any atom is -0.379 e. The second kappa shape index (κ2) is 10.9. The lowest BCUT2D eigenvalue weighted by molar-refractivity contribution is 0.0374. The third-order valence-electron chi connectivity index (χ3n) is 5.10. The first-order valence-corrected chi connectivity index (χ1v) is 12.5.